The number of nitrogens with one attached hydrogen (secondary N) is 1. The van der Waals surface area contributed by atoms with Gasteiger partial charge in [0.1, 0.15) is 0 Å². The zero-order chi connectivity index (χ0) is 18.4. The highest BCUT2D eigenvalue weighted by Gasteiger charge is 2.26. The highest BCUT2D eigenvalue weighted by atomic mass is 32.2. The van der Waals surface area contributed by atoms with E-state index in [-0.39, 0.29) is 11.9 Å². The summed E-state index contributed by atoms with van der Waals surface area (Å²) in [6, 6.07) is 18.2. The molecule has 0 aliphatic carbocycles. The van der Waals surface area contributed by atoms with Crippen molar-refractivity contribution >= 4 is 23.8 Å². The van der Waals surface area contributed by atoms with Crippen LogP contribution in [0.25, 0.3) is 0 Å². The van der Waals surface area contributed by atoms with Crippen molar-refractivity contribution in [2.45, 2.75) is 29.2 Å². The van der Waals surface area contributed by atoms with Gasteiger partial charge in [-0.3, -0.25) is 4.79 Å². The summed E-state index contributed by atoms with van der Waals surface area (Å²) in [6.07, 6.45) is 1.04. The predicted octanol–water partition coefficient (Wildman–Crippen LogP) is 3.84. The number of aliphatic carboxylic acids is 1. The fourth-order valence-corrected chi connectivity index (χ4v) is 3.76. The van der Waals surface area contributed by atoms with Crippen LogP contribution < -0.4 is 5.32 Å². The van der Waals surface area contributed by atoms with Gasteiger partial charge in [0.15, 0.2) is 0 Å². The topological polar surface area (TPSA) is 69.6 Å². The van der Waals surface area contributed by atoms with Crippen LogP contribution in [0.3, 0.4) is 0 Å². The zero-order valence-electron chi connectivity index (χ0n) is 14.4. The molecule has 0 bridgehead atoms. The molecule has 0 spiro atoms. The van der Waals surface area contributed by atoms with E-state index < -0.39 is 5.97 Å². The van der Waals surface area contributed by atoms with Gasteiger partial charge in [0.2, 0.25) is 0 Å². The number of carbonyl (C=O) groups is 2. The number of benzene rings is 2. The van der Waals surface area contributed by atoms with Gasteiger partial charge in [-0.05, 0) is 42.7 Å². The Kier molecular flexibility index (Phi) is 6.17. The Hall–Kier alpha value is -2.47. The van der Waals surface area contributed by atoms with Crippen LogP contribution in [0.4, 0.5) is 4.79 Å². The molecule has 6 heteroatoms. The maximum atomic E-state index is 12.2. The molecule has 5 nitrogen and oxygen atoms in total. The summed E-state index contributed by atoms with van der Waals surface area (Å²) in [5, 5.41) is 11.9. The minimum atomic E-state index is -0.765. The zero-order valence-corrected chi connectivity index (χ0v) is 15.2. The van der Waals surface area contributed by atoms with Crippen LogP contribution in [0.2, 0.25) is 0 Å². The highest BCUT2D eigenvalue weighted by Crippen LogP contribution is 2.27. The predicted molar refractivity (Wildman–Crippen MR) is 101 cm³/mol. The van der Waals surface area contributed by atoms with E-state index in [2.05, 4.69) is 29.6 Å². The summed E-state index contributed by atoms with van der Waals surface area (Å²) in [5.41, 5.74) is 1.04. The van der Waals surface area contributed by atoms with Crippen molar-refractivity contribution in [3.63, 3.8) is 0 Å². The monoisotopic (exact) mass is 370 g/mol. The largest absolute Gasteiger partial charge is 0.481 e. The number of amides is 2. The maximum Gasteiger partial charge on any atom is 0.317 e. The molecular weight excluding hydrogens is 348 g/mol. The van der Waals surface area contributed by atoms with E-state index in [1.807, 2.05) is 30.3 Å². The van der Waals surface area contributed by atoms with Gasteiger partial charge in [-0.15, -0.1) is 0 Å². The number of hydrogen-bond acceptors (Lipinski definition) is 3. The Bertz CT molecular complexity index is 741. The first-order chi connectivity index (χ1) is 12.6. The third kappa shape index (κ3) is 5.02. The van der Waals surface area contributed by atoms with Crippen LogP contribution >= 0.6 is 11.8 Å². The second kappa shape index (κ2) is 8.76. The van der Waals surface area contributed by atoms with E-state index in [4.69, 9.17) is 5.11 Å². The smallest absolute Gasteiger partial charge is 0.317 e. The van der Waals surface area contributed by atoms with E-state index in [0.717, 1.165) is 10.5 Å². The SMILES string of the molecule is O=C(O)C1CCN(C(=O)NCc2ccc(Sc3ccccc3)cc2)CC1. The first-order valence-electron chi connectivity index (χ1n) is 8.69. The Morgan fingerprint density at radius 2 is 1.62 bits per heavy atom. The van der Waals surface area contributed by atoms with Gasteiger partial charge in [0.25, 0.3) is 0 Å². The van der Waals surface area contributed by atoms with Gasteiger partial charge < -0.3 is 15.3 Å². The molecule has 1 saturated heterocycles. The number of carboxylic acid groups (broad SMARTS) is 1. The van der Waals surface area contributed by atoms with Crippen LogP contribution in [0.15, 0.2) is 64.4 Å². The highest BCUT2D eigenvalue weighted by molar-refractivity contribution is 7.99. The fourth-order valence-electron chi connectivity index (χ4n) is 2.92. The Morgan fingerprint density at radius 1 is 1.00 bits per heavy atom. The van der Waals surface area contributed by atoms with Crippen LogP contribution in [-0.2, 0) is 11.3 Å². The first kappa shape index (κ1) is 18.3. The van der Waals surface area contributed by atoms with Gasteiger partial charge in [0, 0.05) is 29.4 Å². The summed E-state index contributed by atoms with van der Waals surface area (Å²) < 4.78 is 0. The molecule has 2 aromatic carbocycles. The normalized spacial score (nSPS) is 14.8. The number of hydrogen-bond donors (Lipinski definition) is 2. The van der Waals surface area contributed by atoms with Crippen LogP contribution in [-0.4, -0.2) is 35.1 Å². The Balaban J connectivity index is 1.46. The molecule has 1 aliphatic rings. The lowest BCUT2D eigenvalue weighted by molar-refractivity contribution is -0.143. The lowest BCUT2D eigenvalue weighted by atomic mass is 9.97. The van der Waals surface area contributed by atoms with Crippen molar-refractivity contribution in [2.24, 2.45) is 5.92 Å². The quantitative estimate of drug-likeness (QED) is 0.839. The number of carboxylic acids is 1. The third-order valence-electron chi connectivity index (χ3n) is 4.48. The number of nitrogens with zero attached hydrogens (tertiary/aromatic N) is 1. The Labute approximate surface area is 157 Å². The third-order valence-corrected chi connectivity index (χ3v) is 5.49. The maximum absolute atomic E-state index is 12.2. The van der Waals surface area contributed by atoms with Crippen molar-refractivity contribution in [1.29, 1.82) is 0 Å². The minimum absolute atomic E-state index is 0.128. The molecule has 1 fully saturated rings. The fraction of sp³-hybridized carbons (Fsp3) is 0.300. The van der Waals surface area contributed by atoms with Crippen molar-refractivity contribution in [1.82, 2.24) is 10.2 Å². The molecule has 26 heavy (non-hydrogen) atoms. The first-order valence-corrected chi connectivity index (χ1v) is 9.51. The minimum Gasteiger partial charge on any atom is -0.481 e. The van der Waals surface area contributed by atoms with Crippen LogP contribution in [0.1, 0.15) is 18.4 Å². The summed E-state index contributed by atoms with van der Waals surface area (Å²) >= 11 is 1.70. The molecule has 2 amide bonds. The molecule has 1 heterocycles. The molecule has 2 aromatic rings. The number of piperidine rings is 1. The van der Waals surface area contributed by atoms with Crippen molar-refractivity contribution in [2.75, 3.05) is 13.1 Å². The molecule has 3 rings (SSSR count). The van der Waals surface area contributed by atoms with Gasteiger partial charge in [-0.1, -0.05) is 42.1 Å². The molecule has 2 N–H and O–H groups in total. The molecule has 0 unspecified atom stereocenters. The number of carbonyl (C=O) groups excluding carboxylic acids is 1. The second-order valence-electron chi connectivity index (χ2n) is 6.32. The molecular formula is C20H22N2O3S. The lowest BCUT2D eigenvalue weighted by Gasteiger charge is -2.30. The van der Waals surface area contributed by atoms with Crippen molar-refractivity contribution in [3.8, 4) is 0 Å². The van der Waals surface area contributed by atoms with Crippen LogP contribution in [0.5, 0.6) is 0 Å². The Morgan fingerprint density at radius 3 is 2.23 bits per heavy atom. The van der Waals surface area contributed by atoms with Gasteiger partial charge in [-0.2, -0.15) is 0 Å². The summed E-state index contributed by atoms with van der Waals surface area (Å²) in [7, 11) is 0. The van der Waals surface area contributed by atoms with E-state index in [0.29, 0.717) is 32.5 Å². The molecule has 0 aromatic heterocycles. The second-order valence-corrected chi connectivity index (χ2v) is 7.46. The summed E-state index contributed by atoms with van der Waals surface area (Å²) in [5.74, 6) is -1.09. The van der Waals surface area contributed by atoms with E-state index >= 15 is 0 Å². The molecule has 0 atom stereocenters. The molecule has 136 valence electrons. The standard InChI is InChI=1S/C20H22N2O3S/c23-19(24)16-10-12-22(13-11-16)20(25)21-14-15-6-8-18(9-7-15)26-17-4-2-1-3-5-17/h1-9,16H,10-14H2,(H,21,25)(H,23,24). The van der Waals surface area contributed by atoms with Crippen LogP contribution in [0, 0.1) is 5.92 Å². The number of likely N-dealkylation sites (tertiary alicyclic amines) is 1. The van der Waals surface area contributed by atoms with Gasteiger partial charge in [-0.25, -0.2) is 4.79 Å². The van der Waals surface area contributed by atoms with Gasteiger partial charge in [0.05, 0.1) is 5.92 Å². The average Bonchev–Trinajstić information content (AvgIpc) is 2.68. The average molecular weight is 370 g/mol. The summed E-state index contributed by atoms with van der Waals surface area (Å²) in [6.45, 7) is 1.46. The van der Waals surface area contributed by atoms with Crippen molar-refractivity contribution < 1.29 is 14.7 Å². The molecule has 0 radical (unpaired) electrons. The molecule has 0 saturated carbocycles. The van der Waals surface area contributed by atoms with Gasteiger partial charge >= 0.3 is 12.0 Å². The van der Waals surface area contributed by atoms with E-state index in [9.17, 15) is 9.59 Å². The van der Waals surface area contributed by atoms with E-state index in [1.165, 1.54) is 4.90 Å². The summed E-state index contributed by atoms with van der Waals surface area (Å²) in [4.78, 5) is 27.2. The number of rotatable bonds is 5. The van der Waals surface area contributed by atoms with E-state index in [1.54, 1.807) is 16.7 Å². The number of urea groups is 1. The molecule has 1 aliphatic heterocycles. The lowest BCUT2D eigenvalue weighted by Crippen LogP contribution is -2.45. The van der Waals surface area contributed by atoms with Crippen molar-refractivity contribution in [3.05, 3.63) is 60.2 Å².